The fourth-order valence-electron chi connectivity index (χ4n) is 0.514. The third kappa shape index (κ3) is 1.69. The second-order valence-electron chi connectivity index (χ2n) is 1.55. The molecule has 0 aromatic carbocycles. The highest BCUT2D eigenvalue weighted by atomic mass is 19.1. The Hall–Kier alpha value is -1.12. The molecule has 0 amide bonds. The molecule has 0 saturated carbocycles. The predicted octanol–water partition coefficient (Wildman–Crippen LogP) is 1.42. The minimum absolute atomic E-state index is 0.0902. The molecule has 0 aliphatic heterocycles. The number of halogens is 1. The second kappa shape index (κ2) is 3.15. The Bertz CT molecular complexity index is 289. The lowest BCUT2D eigenvalue weighted by atomic mass is 10.4. The van der Waals surface area contributed by atoms with Gasteiger partial charge in [0, 0.05) is 10.2 Å². The van der Waals surface area contributed by atoms with Crippen LogP contribution < -0.4 is 4.74 Å². The van der Waals surface area contributed by atoms with E-state index in [2.05, 4.69) is 4.98 Å². The molecule has 10 heavy (non-hydrogen) atoms. The van der Waals surface area contributed by atoms with Crippen molar-refractivity contribution in [1.82, 2.24) is 4.98 Å². The zero-order chi connectivity index (χ0) is 9.90. The van der Waals surface area contributed by atoms with Crippen LogP contribution in [0.1, 0.15) is 11.0 Å². The zero-order valence-corrected chi connectivity index (χ0v) is 5.10. The quantitative estimate of drug-likeness (QED) is 0.624. The van der Waals surface area contributed by atoms with Crippen molar-refractivity contribution in [2.75, 3.05) is 6.61 Å². The lowest BCUT2D eigenvalue weighted by Crippen LogP contribution is -1.92. The zero-order valence-electron chi connectivity index (χ0n) is 8.10. The summed E-state index contributed by atoms with van der Waals surface area (Å²) in [5.41, 5.74) is 0. The van der Waals surface area contributed by atoms with Crippen LogP contribution in [0.15, 0.2) is 12.3 Å². The van der Waals surface area contributed by atoms with Gasteiger partial charge in [0.15, 0.2) is 5.82 Å². The predicted molar refractivity (Wildman–Crippen MR) is 34.2 cm³/mol. The number of ether oxygens (including phenoxy) is 1. The maximum atomic E-state index is 12.4. The number of hydrogen-bond donors (Lipinski definition) is 0. The van der Waals surface area contributed by atoms with Gasteiger partial charge in [-0.3, -0.25) is 0 Å². The van der Waals surface area contributed by atoms with Crippen molar-refractivity contribution < 1.29 is 13.2 Å². The van der Waals surface area contributed by atoms with Gasteiger partial charge in [0.05, 0.1) is 12.8 Å². The first-order chi connectivity index (χ1) is 5.97. The van der Waals surface area contributed by atoms with Gasteiger partial charge >= 0.3 is 0 Å². The van der Waals surface area contributed by atoms with Crippen LogP contribution in [0, 0.1) is 12.0 Å². The number of rotatable bonds is 2. The topological polar surface area (TPSA) is 22.1 Å². The van der Waals surface area contributed by atoms with Gasteiger partial charge < -0.3 is 4.74 Å². The van der Waals surface area contributed by atoms with Gasteiger partial charge in [-0.05, 0) is 6.85 Å². The normalized spacial score (nSPS) is 15.1. The van der Waals surface area contributed by atoms with Crippen LogP contribution in [-0.4, -0.2) is 11.6 Å². The maximum absolute atomic E-state index is 12.4. The molecule has 0 bridgehead atoms. The minimum Gasteiger partial charge on any atom is -0.492 e. The second-order valence-corrected chi connectivity index (χ2v) is 1.55. The lowest BCUT2D eigenvalue weighted by molar-refractivity contribution is 0.336. The van der Waals surface area contributed by atoms with Crippen LogP contribution in [0.2, 0.25) is 0 Å². The summed E-state index contributed by atoms with van der Waals surface area (Å²) in [6, 6.07) is 1.03. The molecule has 0 atom stereocenters. The largest absolute Gasteiger partial charge is 0.492 e. The summed E-state index contributed by atoms with van der Waals surface area (Å²) >= 11 is 0. The van der Waals surface area contributed by atoms with E-state index in [9.17, 15) is 4.39 Å². The van der Waals surface area contributed by atoms with E-state index in [-0.39, 0.29) is 5.75 Å². The first kappa shape index (κ1) is 3.91. The summed E-state index contributed by atoms with van der Waals surface area (Å²) in [7, 11) is 0. The molecule has 2 nitrogen and oxygen atoms in total. The van der Waals surface area contributed by atoms with Gasteiger partial charge in [0.2, 0.25) is 0 Å². The molecule has 0 fully saturated rings. The Morgan fingerprint density at radius 2 is 2.90 bits per heavy atom. The molecule has 1 heterocycles. The van der Waals surface area contributed by atoms with Crippen molar-refractivity contribution in [3.8, 4) is 5.75 Å². The van der Waals surface area contributed by atoms with Crippen LogP contribution >= 0.6 is 0 Å². The number of pyridine rings is 1. The molecule has 1 aromatic rings. The smallest absolute Gasteiger partial charge is 0.154 e. The van der Waals surface area contributed by atoms with Gasteiger partial charge in [-0.2, -0.15) is 0 Å². The Labute approximate surface area is 62.9 Å². The van der Waals surface area contributed by atoms with Crippen LogP contribution in [0.3, 0.4) is 0 Å². The summed E-state index contributed by atoms with van der Waals surface area (Å²) < 4.78 is 37.7. The van der Waals surface area contributed by atoms with Crippen LogP contribution in [0.5, 0.6) is 5.75 Å². The first-order valence-electron chi connectivity index (χ1n) is 4.13. The lowest BCUT2D eigenvalue weighted by Gasteiger charge is -1.99. The number of hydrogen-bond acceptors (Lipinski definition) is 2. The summed E-state index contributed by atoms with van der Waals surface area (Å²) in [5.74, 6) is -0.588. The highest BCUT2D eigenvalue weighted by Crippen LogP contribution is 2.08. The molecule has 0 unspecified atom stereocenters. The highest BCUT2D eigenvalue weighted by Gasteiger charge is 1.93. The van der Waals surface area contributed by atoms with Crippen LogP contribution in [0.25, 0.3) is 0 Å². The maximum Gasteiger partial charge on any atom is 0.154 e. The molecule has 0 spiro atoms. The van der Waals surface area contributed by atoms with Gasteiger partial charge in [-0.25, -0.2) is 9.37 Å². The third-order valence-electron chi connectivity index (χ3n) is 0.871. The molecule has 0 aliphatic rings. The summed E-state index contributed by atoms with van der Waals surface area (Å²) in [6.45, 7) is -2.64. The summed E-state index contributed by atoms with van der Waals surface area (Å²) in [5, 5.41) is 0. The molecule has 0 N–H and O–H groups in total. The van der Waals surface area contributed by atoms with Gasteiger partial charge in [-0.15, -0.1) is 0 Å². The number of nitrogens with zero attached hydrogens (tertiary/aromatic N) is 1. The molecule has 0 saturated heterocycles. The number of aromatic nitrogens is 1. The van der Waals surface area contributed by atoms with E-state index >= 15 is 0 Å². The van der Waals surface area contributed by atoms with Crippen LogP contribution in [-0.2, 0) is 0 Å². The SMILES string of the molecule is [2H]C([2H])([2H])COc1cn[c]c(F)c1. The standard InChI is InChI=1S/C7H7FNO/c1-2-10-7-3-6(8)4-9-5-7/h3,5H,2H2,1H3/i1D3. The summed E-state index contributed by atoms with van der Waals surface area (Å²) in [6.07, 6.45) is 3.23. The van der Waals surface area contributed by atoms with Crippen LogP contribution in [0.4, 0.5) is 4.39 Å². The van der Waals surface area contributed by atoms with Gasteiger partial charge in [0.1, 0.15) is 11.9 Å². The average Bonchev–Trinajstić information content (AvgIpc) is 2.00. The third-order valence-corrected chi connectivity index (χ3v) is 0.871. The fourth-order valence-corrected chi connectivity index (χ4v) is 0.514. The van der Waals surface area contributed by atoms with E-state index in [4.69, 9.17) is 8.85 Å². The monoisotopic (exact) mass is 143 g/mol. The van der Waals surface area contributed by atoms with Gasteiger partial charge in [-0.1, -0.05) is 0 Å². The highest BCUT2D eigenvalue weighted by molar-refractivity contribution is 5.16. The molecular formula is C7H7FNO. The van der Waals surface area contributed by atoms with Crippen molar-refractivity contribution in [1.29, 1.82) is 0 Å². The van der Waals surface area contributed by atoms with Crippen molar-refractivity contribution in [2.24, 2.45) is 0 Å². The summed E-state index contributed by atoms with van der Waals surface area (Å²) in [4.78, 5) is 3.38. The van der Waals surface area contributed by atoms with Crippen molar-refractivity contribution in [2.45, 2.75) is 6.85 Å². The molecular weight excluding hydrogens is 133 g/mol. The average molecular weight is 143 g/mol. The first-order valence-corrected chi connectivity index (χ1v) is 2.63. The Kier molecular flexibility index (Phi) is 1.23. The van der Waals surface area contributed by atoms with Crippen molar-refractivity contribution in [3.05, 3.63) is 24.3 Å². The molecule has 53 valence electrons. The van der Waals surface area contributed by atoms with Crippen molar-refractivity contribution in [3.63, 3.8) is 0 Å². The Morgan fingerprint density at radius 3 is 3.60 bits per heavy atom. The van der Waals surface area contributed by atoms with E-state index in [0.29, 0.717) is 0 Å². The fraction of sp³-hybridized carbons (Fsp3) is 0.286. The Balaban J connectivity index is 2.55. The van der Waals surface area contributed by atoms with Crippen molar-refractivity contribution >= 4 is 0 Å². The van der Waals surface area contributed by atoms with E-state index in [0.717, 1.165) is 6.07 Å². The molecule has 1 aromatic heterocycles. The van der Waals surface area contributed by atoms with E-state index < -0.39 is 19.3 Å². The Morgan fingerprint density at radius 1 is 2.00 bits per heavy atom. The molecule has 1 rings (SSSR count). The van der Waals surface area contributed by atoms with Gasteiger partial charge in [0.25, 0.3) is 0 Å². The van der Waals surface area contributed by atoms with E-state index in [1.54, 1.807) is 0 Å². The van der Waals surface area contributed by atoms with E-state index in [1.807, 2.05) is 6.20 Å². The molecule has 1 radical (unpaired) electrons. The minimum atomic E-state index is -2.18. The van der Waals surface area contributed by atoms with E-state index in [1.165, 1.54) is 6.20 Å². The molecule has 3 heteroatoms. The molecule has 0 aliphatic carbocycles.